The molecule has 0 aliphatic rings. The van der Waals surface area contributed by atoms with E-state index in [2.05, 4.69) is 62.2 Å². The van der Waals surface area contributed by atoms with Gasteiger partial charge >= 0.3 is 0 Å². The van der Waals surface area contributed by atoms with Crippen LogP contribution in [0.4, 0.5) is 0 Å². The maximum atomic E-state index is 4.75. The Labute approximate surface area is 154 Å². The van der Waals surface area contributed by atoms with Gasteiger partial charge in [0.1, 0.15) is 0 Å². The molecule has 1 atom stereocenters. The van der Waals surface area contributed by atoms with Crippen molar-refractivity contribution in [1.29, 1.82) is 0 Å². The molecule has 0 aliphatic carbocycles. The molecular weight excluding hydrogens is 312 g/mol. The molecule has 2 N–H and O–H groups in total. The summed E-state index contributed by atoms with van der Waals surface area (Å²) in [6, 6.07) is 0.303. The van der Waals surface area contributed by atoms with Crippen LogP contribution in [0.15, 0.2) is 4.99 Å². The lowest BCUT2D eigenvalue weighted by Crippen LogP contribution is -2.43. The number of nitrogens with one attached hydrogen (secondary N) is 2. The van der Waals surface area contributed by atoms with Crippen LogP contribution in [0, 0.1) is 13.8 Å². The van der Waals surface area contributed by atoms with Gasteiger partial charge in [-0.2, -0.15) is 5.10 Å². The third kappa shape index (κ3) is 7.06. The van der Waals surface area contributed by atoms with Gasteiger partial charge in [-0.15, -0.1) is 0 Å². The Morgan fingerprint density at radius 3 is 2.48 bits per heavy atom. The lowest BCUT2D eigenvalue weighted by molar-refractivity contribution is 0.297. The van der Waals surface area contributed by atoms with Crippen molar-refractivity contribution in [2.75, 3.05) is 32.7 Å². The quantitative estimate of drug-likeness (QED) is 0.502. The SMILES string of the molecule is CCCN(CC)CCN=C(NCC)NC(C)Cc1c(C)nn(C)c1C. The Hall–Kier alpha value is -1.56. The van der Waals surface area contributed by atoms with E-state index in [1.165, 1.54) is 17.7 Å². The first-order valence-corrected chi connectivity index (χ1v) is 9.69. The van der Waals surface area contributed by atoms with E-state index in [0.717, 1.165) is 50.8 Å². The molecule has 0 saturated carbocycles. The van der Waals surface area contributed by atoms with Crippen LogP contribution in [0.3, 0.4) is 0 Å². The molecule has 0 bridgehead atoms. The topological polar surface area (TPSA) is 57.5 Å². The second kappa shape index (κ2) is 11.1. The zero-order valence-electron chi connectivity index (χ0n) is 17.3. The van der Waals surface area contributed by atoms with Crippen molar-refractivity contribution in [3.63, 3.8) is 0 Å². The van der Waals surface area contributed by atoms with Gasteiger partial charge in [0, 0.05) is 31.9 Å². The minimum atomic E-state index is 0.303. The van der Waals surface area contributed by atoms with Crippen LogP contribution in [0.1, 0.15) is 51.1 Å². The fourth-order valence-corrected chi connectivity index (χ4v) is 3.07. The van der Waals surface area contributed by atoms with Crippen LogP contribution >= 0.6 is 0 Å². The molecule has 0 amide bonds. The molecule has 6 nitrogen and oxygen atoms in total. The van der Waals surface area contributed by atoms with Gasteiger partial charge in [0.05, 0.1) is 12.2 Å². The molecule has 6 heteroatoms. The summed E-state index contributed by atoms with van der Waals surface area (Å²) in [6.45, 7) is 17.9. The van der Waals surface area contributed by atoms with Crippen LogP contribution in [0.5, 0.6) is 0 Å². The van der Waals surface area contributed by atoms with Crippen molar-refractivity contribution in [2.24, 2.45) is 12.0 Å². The first kappa shape index (κ1) is 21.5. The van der Waals surface area contributed by atoms with E-state index in [1.54, 1.807) is 0 Å². The van der Waals surface area contributed by atoms with Gasteiger partial charge in [-0.3, -0.25) is 9.67 Å². The molecular formula is C19H38N6. The zero-order chi connectivity index (χ0) is 18.8. The summed E-state index contributed by atoms with van der Waals surface area (Å²) in [7, 11) is 2.01. The lowest BCUT2D eigenvalue weighted by atomic mass is 10.1. The Bertz CT molecular complexity index is 534. The van der Waals surface area contributed by atoms with Crippen LogP contribution in [-0.2, 0) is 13.5 Å². The smallest absolute Gasteiger partial charge is 0.191 e. The number of guanidine groups is 1. The molecule has 144 valence electrons. The minimum Gasteiger partial charge on any atom is -0.357 e. The average molecular weight is 351 g/mol. The molecule has 0 saturated heterocycles. The Balaban J connectivity index is 2.62. The molecule has 0 aliphatic heterocycles. The number of rotatable bonds is 10. The van der Waals surface area contributed by atoms with Crippen molar-refractivity contribution in [2.45, 2.75) is 60.4 Å². The van der Waals surface area contributed by atoms with Crippen molar-refractivity contribution < 1.29 is 0 Å². The van der Waals surface area contributed by atoms with Gasteiger partial charge < -0.3 is 15.5 Å². The van der Waals surface area contributed by atoms with Crippen molar-refractivity contribution in [3.8, 4) is 0 Å². The summed E-state index contributed by atoms with van der Waals surface area (Å²) in [5.41, 5.74) is 3.69. The largest absolute Gasteiger partial charge is 0.357 e. The highest BCUT2D eigenvalue weighted by atomic mass is 15.3. The second-order valence-corrected chi connectivity index (χ2v) is 6.72. The van der Waals surface area contributed by atoms with Crippen LogP contribution in [-0.4, -0.2) is 59.4 Å². The molecule has 1 unspecified atom stereocenters. The van der Waals surface area contributed by atoms with Crippen molar-refractivity contribution in [3.05, 3.63) is 17.0 Å². The maximum absolute atomic E-state index is 4.75. The third-order valence-corrected chi connectivity index (χ3v) is 4.57. The highest BCUT2D eigenvalue weighted by molar-refractivity contribution is 5.80. The molecule has 1 rings (SSSR count). The van der Waals surface area contributed by atoms with Gasteiger partial charge in [-0.05, 0) is 59.2 Å². The average Bonchev–Trinajstić information content (AvgIpc) is 2.80. The second-order valence-electron chi connectivity index (χ2n) is 6.72. The van der Waals surface area contributed by atoms with E-state index in [1.807, 2.05) is 11.7 Å². The molecule has 1 aromatic heterocycles. The Morgan fingerprint density at radius 1 is 1.24 bits per heavy atom. The summed E-state index contributed by atoms with van der Waals surface area (Å²) in [6.07, 6.45) is 2.14. The Morgan fingerprint density at radius 2 is 1.96 bits per heavy atom. The fraction of sp³-hybridized carbons (Fsp3) is 0.789. The fourth-order valence-electron chi connectivity index (χ4n) is 3.07. The summed E-state index contributed by atoms with van der Waals surface area (Å²) < 4.78 is 1.96. The van der Waals surface area contributed by atoms with Crippen LogP contribution in [0.25, 0.3) is 0 Å². The van der Waals surface area contributed by atoms with E-state index < -0.39 is 0 Å². The van der Waals surface area contributed by atoms with Gasteiger partial charge in [0.25, 0.3) is 0 Å². The number of likely N-dealkylation sites (N-methyl/N-ethyl adjacent to an activating group) is 1. The predicted molar refractivity (Wildman–Crippen MR) is 107 cm³/mol. The number of nitrogens with zero attached hydrogens (tertiary/aromatic N) is 4. The summed E-state index contributed by atoms with van der Waals surface area (Å²) >= 11 is 0. The maximum Gasteiger partial charge on any atom is 0.191 e. The van der Waals surface area contributed by atoms with E-state index in [4.69, 9.17) is 4.99 Å². The zero-order valence-corrected chi connectivity index (χ0v) is 17.3. The summed E-state index contributed by atoms with van der Waals surface area (Å²) in [4.78, 5) is 7.19. The predicted octanol–water partition coefficient (Wildman–Crippen LogP) is 2.25. The van der Waals surface area contributed by atoms with Gasteiger partial charge in [0.15, 0.2) is 5.96 Å². The monoisotopic (exact) mass is 350 g/mol. The highest BCUT2D eigenvalue weighted by Crippen LogP contribution is 2.14. The van der Waals surface area contributed by atoms with Gasteiger partial charge in [-0.1, -0.05) is 13.8 Å². The number of aliphatic imine (C=N–C) groups is 1. The third-order valence-electron chi connectivity index (χ3n) is 4.57. The molecule has 0 fully saturated rings. The van der Waals surface area contributed by atoms with Gasteiger partial charge in [-0.25, -0.2) is 0 Å². The van der Waals surface area contributed by atoms with E-state index in [0.29, 0.717) is 6.04 Å². The standard InChI is InChI=1S/C19H38N6/c1-8-12-25(10-3)13-11-21-19(20-9-2)22-15(4)14-18-16(5)23-24(7)17(18)6/h15H,8-14H2,1-7H3,(H2,20,21,22). The molecule has 1 heterocycles. The van der Waals surface area contributed by atoms with Crippen LogP contribution < -0.4 is 10.6 Å². The van der Waals surface area contributed by atoms with Crippen LogP contribution in [0.2, 0.25) is 0 Å². The number of aromatic nitrogens is 2. The molecule has 0 aromatic carbocycles. The van der Waals surface area contributed by atoms with Crippen molar-refractivity contribution >= 4 is 5.96 Å². The highest BCUT2D eigenvalue weighted by Gasteiger charge is 2.14. The lowest BCUT2D eigenvalue weighted by Gasteiger charge is -2.20. The molecule has 0 radical (unpaired) electrons. The minimum absolute atomic E-state index is 0.303. The van der Waals surface area contributed by atoms with E-state index in [9.17, 15) is 0 Å². The first-order chi connectivity index (χ1) is 11.9. The van der Waals surface area contributed by atoms with Crippen molar-refractivity contribution in [1.82, 2.24) is 25.3 Å². The molecule has 25 heavy (non-hydrogen) atoms. The number of hydrogen-bond donors (Lipinski definition) is 2. The Kier molecular flexibility index (Phi) is 9.57. The number of hydrogen-bond acceptors (Lipinski definition) is 3. The summed E-state index contributed by atoms with van der Waals surface area (Å²) in [5, 5.41) is 11.4. The van der Waals surface area contributed by atoms with Gasteiger partial charge in [0.2, 0.25) is 0 Å². The normalized spacial score (nSPS) is 13.4. The van der Waals surface area contributed by atoms with E-state index >= 15 is 0 Å². The molecule has 1 aromatic rings. The summed E-state index contributed by atoms with van der Waals surface area (Å²) in [5.74, 6) is 0.904. The number of aryl methyl sites for hydroxylation is 2. The van der Waals surface area contributed by atoms with E-state index in [-0.39, 0.29) is 0 Å². The molecule has 0 spiro atoms. The first-order valence-electron chi connectivity index (χ1n) is 9.69.